The summed E-state index contributed by atoms with van der Waals surface area (Å²) in [6, 6.07) is 2.57. The number of aliphatic hydroxyl groups is 1. The van der Waals surface area contributed by atoms with Gasteiger partial charge in [-0.25, -0.2) is 13.1 Å². The van der Waals surface area contributed by atoms with E-state index in [9.17, 15) is 8.42 Å². The molecular formula is C11H15Cl2NO4S. The minimum absolute atomic E-state index is 0.00550. The van der Waals surface area contributed by atoms with Crippen LogP contribution >= 0.6 is 23.2 Å². The Morgan fingerprint density at radius 3 is 2.53 bits per heavy atom. The van der Waals surface area contributed by atoms with E-state index in [4.69, 9.17) is 33.0 Å². The van der Waals surface area contributed by atoms with Crippen LogP contribution in [0, 0.1) is 0 Å². The summed E-state index contributed by atoms with van der Waals surface area (Å²) in [6.45, 7) is 3.53. The molecular weight excluding hydrogens is 313 g/mol. The van der Waals surface area contributed by atoms with Crippen molar-refractivity contribution in [3.63, 3.8) is 0 Å². The van der Waals surface area contributed by atoms with Crippen molar-refractivity contribution in [3.8, 4) is 5.75 Å². The van der Waals surface area contributed by atoms with E-state index in [1.54, 1.807) is 6.92 Å². The molecule has 2 N–H and O–H groups in total. The highest BCUT2D eigenvalue weighted by atomic mass is 35.5. The molecule has 0 aliphatic heterocycles. The van der Waals surface area contributed by atoms with Gasteiger partial charge in [-0.05, 0) is 19.9 Å². The van der Waals surface area contributed by atoms with Crippen LogP contribution in [0.3, 0.4) is 0 Å². The summed E-state index contributed by atoms with van der Waals surface area (Å²) in [4.78, 5) is -0.150. The summed E-state index contributed by atoms with van der Waals surface area (Å²) in [5, 5.41) is 9.26. The Balaban J connectivity index is 3.10. The molecule has 0 saturated carbocycles. The van der Waals surface area contributed by atoms with E-state index in [0.29, 0.717) is 12.4 Å². The lowest BCUT2D eigenvalue weighted by molar-refractivity contribution is 0.198. The number of nitrogens with one attached hydrogen (secondary N) is 1. The van der Waals surface area contributed by atoms with Crippen molar-refractivity contribution in [1.82, 2.24) is 4.72 Å². The maximum absolute atomic E-state index is 12.0. The molecule has 1 rings (SSSR count). The van der Waals surface area contributed by atoms with E-state index < -0.39 is 16.1 Å². The average molecular weight is 328 g/mol. The van der Waals surface area contributed by atoms with Crippen LogP contribution in [0.25, 0.3) is 0 Å². The van der Waals surface area contributed by atoms with E-state index in [-0.39, 0.29) is 21.5 Å². The molecule has 0 unspecified atom stereocenters. The number of sulfonamides is 1. The van der Waals surface area contributed by atoms with Gasteiger partial charge in [0.2, 0.25) is 10.0 Å². The third kappa shape index (κ3) is 4.50. The number of hydrogen-bond acceptors (Lipinski definition) is 4. The summed E-state index contributed by atoms with van der Waals surface area (Å²) >= 11 is 11.8. The smallest absolute Gasteiger partial charge is 0.242 e. The zero-order valence-electron chi connectivity index (χ0n) is 10.5. The van der Waals surface area contributed by atoms with Gasteiger partial charge in [-0.15, -0.1) is 0 Å². The number of aliphatic hydroxyl groups excluding tert-OH is 1. The normalized spacial score (nSPS) is 13.3. The molecule has 0 bridgehead atoms. The predicted molar refractivity (Wildman–Crippen MR) is 74.5 cm³/mol. The molecule has 0 aliphatic carbocycles. The highest BCUT2D eigenvalue weighted by Crippen LogP contribution is 2.33. The highest BCUT2D eigenvalue weighted by Gasteiger charge is 2.20. The fourth-order valence-electron chi connectivity index (χ4n) is 1.29. The van der Waals surface area contributed by atoms with Gasteiger partial charge >= 0.3 is 0 Å². The zero-order chi connectivity index (χ0) is 14.6. The largest absolute Gasteiger partial charge is 0.492 e. The van der Waals surface area contributed by atoms with Gasteiger partial charge in [0.05, 0.1) is 22.8 Å². The van der Waals surface area contributed by atoms with E-state index in [1.165, 1.54) is 19.1 Å². The zero-order valence-corrected chi connectivity index (χ0v) is 12.8. The molecule has 0 saturated heterocycles. The Morgan fingerprint density at radius 2 is 2.00 bits per heavy atom. The topological polar surface area (TPSA) is 75.6 Å². The summed E-state index contributed by atoms with van der Waals surface area (Å²) in [6.07, 6.45) is -0.799. The van der Waals surface area contributed by atoms with Crippen LogP contribution in [0.1, 0.15) is 13.8 Å². The number of halogens is 2. The third-order valence-corrected chi connectivity index (χ3v) is 4.33. The van der Waals surface area contributed by atoms with Crippen LogP contribution in [0.4, 0.5) is 0 Å². The molecule has 1 aromatic carbocycles. The van der Waals surface area contributed by atoms with Gasteiger partial charge in [0.15, 0.2) is 0 Å². The molecule has 1 aromatic rings. The maximum atomic E-state index is 12.0. The molecule has 108 valence electrons. The minimum atomic E-state index is -3.82. The first-order valence-electron chi connectivity index (χ1n) is 5.57. The Bertz CT molecular complexity index is 546. The van der Waals surface area contributed by atoms with E-state index in [0.717, 1.165) is 0 Å². The lowest BCUT2D eigenvalue weighted by Crippen LogP contribution is -2.30. The SMILES string of the molecule is CCOc1cc(Cl)c(S(=O)(=O)NC[C@@H](C)O)cc1Cl. The van der Waals surface area contributed by atoms with Crippen molar-refractivity contribution >= 4 is 33.2 Å². The van der Waals surface area contributed by atoms with Crippen molar-refractivity contribution in [2.45, 2.75) is 24.8 Å². The minimum Gasteiger partial charge on any atom is -0.492 e. The lowest BCUT2D eigenvalue weighted by atomic mass is 10.3. The molecule has 0 fully saturated rings. The Morgan fingerprint density at radius 1 is 1.37 bits per heavy atom. The number of rotatable bonds is 6. The first-order valence-corrected chi connectivity index (χ1v) is 7.81. The van der Waals surface area contributed by atoms with Gasteiger partial charge in [-0.3, -0.25) is 0 Å². The van der Waals surface area contributed by atoms with Crippen molar-refractivity contribution in [2.75, 3.05) is 13.2 Å². The second kappa shape index (κ2) is 6.76. The molecule has 0 amide bonds. The first kappa shape index (κ1) is 16.5. The summed E-state index contributed by atoms with van der Waals surface area (Å²) in [5.74, 6) is 0.323. The van der Waals surface area contributed by atoms with E-state index >= 15 is 0 Å². The average Bonchev–Trinajstić information content (AvgIpc) is 2.31. The van der Waals surface area contributed by atoms with Crippen molar-refractivity contribution < 1.29 is 18.3 Å². The van der Waals surface area contributed by atoms with Gasteiger partial charge in [-0.2, -0.15) is 0 Å². The molecule has 1 atom stereocenters. The van der Waals surface area contributed by atoms with Crippen LogP contribution in [-0.4, -0.2) is 32.8 Å². The van der Waals surface area contributed by atoms with Crippen molar-refractivity contribution in [3.05, 3.63) is 22.2 Å². The molecule has 0 aliphatic rings. The summed E-state index contributed by atoms with van der Waals surface area (Å²) < 4.78 is 31.4. The Hall–Kier alpha value is -0.530. The fraction of sp³-hybridized carbons (Fsp3) is 0.455. The van der Waals surface area contributed by atoms with Gasteiger partial charge in [0.1, 0.15) is 10.6 Å². The van der Waals surface area contributed by atoms with Crippen LogP contribution in [-0.2, 0) is 10.0 Å². The molecule has 0 heterocycles. The third-order valence-electron chi connectivity index (χ3n) is 2.14. The van der Waals surface area contributed by atoms with Crippen LogP contribution < -0.4 is 9.46 Å². The first-order chi connectivity index (χ1) is 8.77. The van der Waals surface area contributed by atoms with Crippen molar-refractivity contribution in [1.29, 1.82) is 0 Å². The maximum Gasteiger partial charge on any atom is 0.242 e. The van der Waals surface area contributed by atoms with Gasteiger partial charge in [0.25, 0.3) is 0 Å². The summed E-state index contributed by atoms with van der Waals surface area (Å²) in [7, 11) is -3.82. The quantitative estimate of drug-likeness (QED) is 0.838. The molecule has 5 nitrogen and oxygen atoms in total. The molecule has 0 spiro atoms. The number of benzene rings is 1. The second-order valence-corrected chi connectivity index (χ2v) is 6.40. The van der Waals surface area contributed by atoms with Crippen LogP contribution in [0.5, 0.6) is 5.75 Å². The monoisotopic (exact) mass is 327 g/mol. The van der Waals surface area contributed by atoms with E-state index in [1.807, 2.05) is 0 Å². The number of hydrogen-bond donors (Lipinski definition) is 2. The highest BCUT2D eigenvalue weighted by molar-refractivity contribution is 7.89. The lowest BCUT2D eigenvalue weighted by Gasteiger charge is -2.12. The Labute approximate surface area is 122 Å². The van der Waals surface area contributed by atoms with Gasteiger partial charge in [-0.1, -0.05) is 23.2 Å². The van der Waals surface area contributed by atoms with Crippen LogP contribution in [0.15, 0.2) is 17.0 Å². The van der Waals surface area contributed by atoms with Crippen LogP contribution in [0.2, 0.25) is 10.0 Å². The van der Waals surface area contributed by atoms with Gasteiger partial charge < -0.3 is 9.84 Å². The van der Waals surface area contributed by atoms with Crippen molar-refractivity contribution in [2.24, 2.45) is 0 Å². The Kier molecular flexibility index (Phi) is 5.88. The molecule has 8 heteroatoms. The molecule has 0 aromatic heterocycles. The standard InChI is InChI=1S/C11H15Cl2NO4S/c1-3-18-10-4-9(13)11(5-8(10)12)19(16,17)14-6-7(2)15/h4-5,7,14-15H,3,6H2,1-2H3/t7-/m1/s1. The van der Waals surface area contributed by atoms with E-state index in [2.05, 4.69) is 4.72 Å². The number of ether oxygens (including phenoxy) is 1. The molecule has 19 heavy (non-hydrogen) atoms. The summed E-state index contributed by atoms with van der Waals surface area (Å²) in [5.41, 5.74) is 0. The van der Waals surface area contributed by atoms with Gasteiger partial charge in [0, 0.05) is 12.6 Å². The fourth-order valence-corrected chi connectivity index (χ4v) is 3.24. The molecule has 0 radical (unpaired) electrons. The second-order valence-electron chi connectivity index (χ2n) is 3.85. The predicted octanol–water partition coefficient (Wildman–Crippen LogP) is 2.05.